The van der Waals surface area contributed by atoms with Crippen molar-refractivity contribution in [3.05, 3.63) is 12.2 Å². The van der Waals surface area contributed by atoms with Crippen LogP contribution in [0.25, 0.3) is 0 Å². The lowest BCUT2D eigenvalue weighted by atomic mass is 10.1. The van der Waals surface area contributed by atoms with E-state index in [1.54, 1.807) is 6.92 Å². The molecule has 0 aromatic rings. The maximum absolute atomic E-state index is 10.5. The Morgan fingerprint density at radius 2 is 2.33 bits per heavy atom. The van der Waals surface area contributed by atoms with Gasteiger partial charge in [0.05, 0.1) is 0 Å². The van der Waals surface area contributed by atoms with Gasteiger partial charge in [-0.3, -0.25) is 5.26 Å². The van der Waals surface area contributed by atoms with E-state index < -0.39 is 14.1 Å². The molecule has 12 heavy (non-hydrogen) atoms. The van der Waals surface area contributed by atoms with Crippen molar-refractivity contribution in [1.82, 2.24) is 0 Å². The number of hydrogen-bond donors (Lipinski definition) is 1. The Bertz CT molecular complexity index is 169. The van der Waals surface area contributed by atoms with E-state index in [4.69, 9.17) is 9.78 Å². The molecule has 0 saturated carbocycles. The van der Waals surface area contributed by atoms with Crippen LogP contribution in [0.5, 0.6) is 0 Å². The van der Waals surface area contributed by atoms with Gasteiger partial charge < -0.3 is 0 Å². The van der Waals surface area contributed by atoms with Crippen LogP contribution in [-0.2, 0) is 14.0 Å². The van der Waals surface area contributed by atoms with Crippen LogP contribution in [0.2, 0.25) is 0 Å². The minimum atomic E-state index is -1.57. The monoisotopic (exact) mass is 193 g/mol. The van der Waals surface area contributed by atoms with E-state index in [0.717, 1.165) is 0 Å². The van der Waals surface area contributed by atoms with Gasteiger partial charge in [-0.2, -0.15) is 0 Å². The first kappa shape index (κ1) is 11.7. The van der Waals surface area contributed by atoms with Crippen molar-refractivity contribution in [2.45, 2.75) is 19.4 Å². The number of rotatable bonds is 6. The van der Waals surface area contributed by atoms with E-state index in [1.165, 1.54) is 6.66 Å². The van der Waals surface area contributed by atoms with Gasteiger partial charge in [-0.25, -0.2) is 4.89 Å². The van der Waals surface area contributed by atoms with E-state index in [0.29, 0.717) is 18.6 Å². The van der Waals surface area contributed by atoms with Gasteiger partial charge in [0, 0.05) is 6.42 Å². The highest BCUT2D eigenvalue weighted by molar-refractivity contribution is 7.38. The number of hydrogen-bond acceptors (Lipinski definition) is 4. The molecule has 2 unspecified atom stereocenters. The first-order valence-electron chi connectivity index (χ1n) is 3.57. The second-order valence-electron chi connectivity index (χ2n) is 2.50. The van der Waals surface area contributed by atoms with Gasteiger partial charge in [0.25, 0.3) is 0 Å². The lowest BCUT2D eigenvalue weighted by Gasteiger charge is -2.10. The highest BCUT2D eigenvalue weighted by Gasteiger charge is 2.13. The predicted octanol–water partition coefficient (Wildman–Crippen LogP) is 2.20. The fourth-order valence-electron chi connectivity index (χ4n) is 0.677. The molecule has 4 nitrogen and oxygen atoms in total. The molecule has 5 heteroatoms. The van der Waals surface area contributed by atoms with Gasteiger partial charge in [-0.05, 0) is 17.1 Å². The zero-order chi connectivity index (χ0) is 9.56. The van der Waals surface area contributed by atoms with Crippen LogP contribution in [0.1, 0.15) is 13.3 Å². The van der Waals surface area contributed by atoms with E-state index in [-0.39, 0.29) is 0 Å². The summed E-state index contributed by atoms with van der Waals surface area (Å²) in [6, 6.07) is 0. The predicted molar refractivity (Wildman–Crippen MR) is 46.4 cm³/mol. The molecule has 0 aliphatic rings. The average molecular weight is 193 g/mol. The molecule has 0 fully saturated rings. The molecule has 0 amide bonds. The summed E-state index contributed by atoms with van der Waals surface area (Å²) in [5.74, 6) is 0. The van der Waals surface area contributed by atoms with Crippen LogP contribution in [0, 0.1) is 0 Å². The van der Waals surface area contributed by atoms with Gasteiger partial charge in [-0.15, -0.1) is 4.52 Å². The van der Waals surface area contributed by atoms with Crippen molar-refractivity contribution in [2.24, 2.45) is 0 Å². The zero-order valence-electron chi connectivity index (χ0n) is 7.32. The molecule has 0 heterocycles. The van der Waals surface area contributed by atoms with Gasteiger partial charge in [0.2, 0.25) is 0 Å². The van der Waals surface area contributed by atoms with E-state index >= 15 is 0 Å². The molecule has 0 rings (SSSR count). The maximum atomic E-state index is 10.5. The Labute approximate surface area is 73.0 Å². The van der Waals surface area contributed by atoms with Crippen molar-refractivity contribution >= 4 is 8.03 Å². The van der Waals surface area contributed by atoms with Crippen LogP contribution < -0.4 is 0 Å². The van der Waals surface area contributed by atoms with E-state index in [1.807, 2.05) is 0 Å². The normalized spacial score (nSPS) is 14.1. The van der Waals surface area contributed by atoms with Crippen LogP contribution in [0.3, 0.4) is 0 Å². The van der Waals surface area contributed by atoms with Crippen LogP contribution in [0.4, 0.5) is 0 Å². The van der Waals surface area contributed by atoms with Crippen molar-refractivity contribution in [3.63, 3.8) is 0 Å². The van der Waals surface area contributed by atoms with Gasteiger partial charge in [-0.1, -0.05) is 6.58 Å². The van der Waals surface area contributed by atoms with Crippen LogP contribution >= 0.6 is 8.03 Å². The summed E-state index contributed by atoms with van der Waals surface area (Å²) in [6.07, 6.45) is 0.0285. The molecule has 0 saturated heterocycles. The van der Waals surface area contributed by atoms with Gasteiger partial charge in [0.15, 0.2) is 6.66 Å². The molecule has 0 aromatic carbocycles. The second kappa shape index (κ2) is 6.26. The third-order valence-electron chi connectivity index (χ3n) is 1.33. The lowest BCUT2D eigenvalue weighted by molar-refractivity contribution is -0.270. The summed E-state index contributed by atoms with van der Waals surface area (Å²) in [6.45, 7) is 7.13. The Morgan fingerprint density at radius 3 is 2.67 bits per heavy atom. The highest BCUT2D eigenvalue weighted by atomic mass is 31.1. The molecule has 1 N–H and O–H groups in total. The van der Waals surface area contributed by atoms with Gasteiger partial charge >= 0.3 is 8.03 Å². The lowest BCUT2D eigenvalue weighted by Crippen LogP contribution is -2.13. The molecule has 0 radical (unpaired) electrons. The van der Waals surface area contributed by atoms with E-state index in [9.17, 15) is 4.57 Å². The van der Waals surface area contributed by atoms with Crippen molar-refractivity contribution in [1.29, 1.82) is 0 Å². The second-order valence-corrected chi connectivity index (χ2v) is 3.64. The quantitative estimate of drug-likeness (QED) is 0.304. The average Bonchev–Trinajstić information content (AvgIpc) is 1.96. The summed E-state index contributed by atoms with van der Waals surface area (Å²) in [5, 5.41) is 8.37. The third-order valence-corrected chi connectivity index (χ3v) is 1.88. The summed E-state index contributed by atoms with van der Waals surface area (Å²) >= 11 is 0. The Balaban J connectivity index is 3.59. The molecule has 70 valence electrons. The molecule has 0 aromatic heterocycles. The highest BCUT2D eigenvalue weighted by Crippen LogP contribution is 2.17. The summed E-state index contributed by atoms with van der Waals surface area (Å²) < 4.78 is 15.3. The summed E-state index contributed by atoms with van der Waals surface area (Å²) in [5.41, 5.74) is 0.715. The van der Waals surface area contributed by atoms with E-state index in [2.05, 4.69) is 11.5 Å². The molecule has 2 atom stereocenters. The minimum Gasteiger partial charge on any atom is -0.251 e. The largest absolute Gasteiger partial charge is 0.504 e. The zero-order valence-corrected chi connectivity index (χ0v) is 8.21. The third kappa shape index (κ3) is 5.38. The molecular weight excluding hydrogens is 179 g/mol. The summed E-state index contributed by atoms with van der Waals surface area (Å²) in [4.78, 5) is 4.12. The fraction of sp³-hybridized carbons (Fsp3) is 0.714. The topological polar surface area (TPSA) is 55.8 Å². The van der Waals surface area contributed by atoms with Crippen molar-refractivity contribution < 1.29 is 19.2 Å². The van der Waals surface area contributed by atoms with Gasteiger partial charge in [0.1, 0.15) is 12.7 Å². The molecule has 0 aliphatic heterocycles. The summed E-state index contributed by atoms with van der Waals surface area (Å²) in [7, 11) is -1.57. The standard InChI is InChI=1S/C7H13O4P/c1-6(2)7(11-8)4-5-10-12(3)9/h7H,1,4-5H2,2-3H3/p+1. The Hall–Kier alpha value is -0.280. The fourth-order valence-corrected chi connectivity index (χ4v) is 1.04. The van der Waals surface area contributed by atoms with Crippen molar-refractivity contribution in [2.75, 3.05) is 13.3 Å². The molecule has 0 bridgehead atoms. The first-order valence-corrected chi connectivity index (χ1v) is 5.19. The smallest absolute Gasteiger partial charge is 0.251 e. The molecular formula is C7H14O4P+. The minimum absolute atomic E-state index is 0.295. The molecule has 0 spiro atoms. The van der Waals surface area contributed by atoms with Crippen molar-refractivity contribution in [3.8, 4) is 0 Å². The Kier molecular flexibility index (Phi) is 6.11. The maximum Gasteiger partial charge on any atom is 0.504 e. The van der Waals surface area contributed by atoms with Crippen LogP contribution in [-0.4, -0.2) is 24.6 Å². The first-order chi connectivity index (χ1) is 5.57. The molecule has 0 aliphatic carbocycles. The van der Waals surface area contributed by atoms with Crippen LogP contribution in [0.15, 0.2) is 12.2 Å². The Morgan fingerprint density at radius 1 is 1.75 bits per heavy atom. The SMILES string of the molecule is C=C(C)C(CCO[P+](C)=O)OO.